The molecule has 0 aliphatic heterocycles. The van der Waals surface area contributed by atoms with Crippen LogP contribution in [0.1, 0.15) is 37.8 Å². The first-order chi connectivity index (χ1) is 6.20. The molecular formula is C13H19. The lowest BCUT2D eigenvalue weighted by Crippen LogP contribution is -1.92. The minimum atomic E-state index is 0.817. The SMILES string of the molecule is [CH2]c1ccccc1CCCC(C)C. The maximum Gasteiger partial charge on any atom is -0.0235 e. The Labute approximate surface area is 82.0 Å². The molecule has 1 aromatic carbocycles. The summed E-state index contributed by atoms with van der Waals surface area (Å²) < 4.78 is 0. The van der Waals surface area contributed by atoms with Crippen LogP contribution in [-0.2, 0) is 6.42 Å². The standard InChI is InChI=1S/C13H19/c1-11(2)7-6-10-13-9-5-4-8-12(13)3/h4-5,8-9,11H,3,6-7,10H2,1-2H3. The van der Waals surface area contributed by atoms with Gasteiger partial charge in [-0.3, -0.25) is 0 Å². The van der Waals surface area contributed by atoms with E-state index in [4.69, 9.17) is 0 Å². The van der Waals surface area contributed by atoms with Gasteiger partial charge in [-0.05, 0) is 36.8 Å². The number of hydrogen-bond acceptors (Lipinski definition) is 0. The summed E-state index contributed by atoms with van der Waals surface area (Å²) in [4.78, 5) is 0. The monoisotopic (exact) mass is 175 g/mol. The van der Waals surface area contributed by atoms with Crippen LogP contribution in [0.25, 0.3) is 0 Å². The second-order valence-corrected chi connectivity index (χ2v) is 4.05. The quantitative estimate of drug-likeness (QED) is 0.652. The van der Waals surface area contributed by atoms with E-state index in [-0.39, 0.29) is 0 Å². The largest absolute Gasteiger partial charge is 0.0628 e. The van der Waals surface area contributed by atoms with Gasteiger partial charge < -0.3 is 0 Å². The summed E-state index contributed by atoms with van der Waals surface area (Å²) in [5.41, 5.74) is 2.59. The molecule has 0 heterocycles. The van der Waals surface area contributed by atoms with Crippen LogP contribution < -0.4 is 0 Å². The third-order valence-electron chi connectivity index (χ3n) is 2.35. The van der Waals surface area contributed by atoms with Gasteiger partial charge in [-0.15, -0.1) is 0 Å². The average molecular weight is 175 g/mol. The van der Waals surface area contributed by atoms with Crippen LogP contribution in [0, 0.1) is 12.8 Å². The lowest BCUT2D eigenvalue weighted by Gasteiger charge is -2.06. The molecule has 0 aliphatic carbocycles. The van der Waals surface area contributed by atoms with Gasteiger partial charge in [0.1, 0.15) is 0 Å². The van der Waals surface area contributed by atoms with Crippen molar-refractivity contribution in [2.45, 2.75) is 33.1 Å². The third-order valence-corrected chi connectivity index (χ3v) is 2.35. The summed E-state index contributed by atoms with van der Waals surface area (Å²) in [6.07, 6.45) is 3.77. The van der Waals surface area contributed by atoms with Crippen LogP contribution in [-0.4, -0.2) is 0 Å². The van der Waals surface area contributed by atoms with Crippen molar-refractivity contribution in [3.8, 4) is 0 Å². The lowest BCUT2D eigenvalue weighted by atomic mass is 10.00. The normalized spacial score (nSPS) is 10.8. The maximum atomic E-state index is 4.02. The molecular weight excluding hydrogens is 156 g/mol. The topological polar surface area (TPSA) is 0 Å². The predicted molar refractivity (Wildman–Crippen MR) is 58.7 cm³/mol. The third kappa shape index (κ3) is 3.63. The van der Waals surface area contributed by atoms with E-state index < -0.39 is 0 Å². The molecule has 0 heteroatoms. The van der Waals surface area contributed by atoms with E-state index in [0.717, 1.165) is 5.92 Å². The molecule has 0 fully saturated rings. The first-order valence-corrected chi connectivity index (χ1v) is 5.10. The van der Waals surface area contributed by atoms with Crippen LogP contribution in [0.15, 0.2) is 24.3 Å². The van der Waals surface area contributed by atoms with E-state index in [1.54, 1.807) is 0 Å². The Bertz CT molecular complexity index is 248. The Morgan fingerprint density at radius 3 is 2.54 bits per heavy atom. The van der Waals surface area contributed by atoms with Gasteiger partial charge in [0.2, 0.25) is 0 Å². The lowest BCUT2D eigenvalue weighted by molar-refractivity contribution is 0.555. The number of hydrogen-bond donors (Lipinski definition) is 0. The van der Waals surface area contributed by atoms with Crippen molar-refractivity contribution in [3.05, 3.63) is 42.3 Å². The Hall–Kier alpha value is -0.780. The minimum absolute atomic E-state index is 0.817. The zero-order valence-corrected chi connectivity index (χ0v) is 8.72. The fourth-order valence-electron chi connectivity index (χ4n) is 1.50. The van der Waals surface area contributed by atoms with Gasteiger partial charge in [-0.25, -0.2) is 0 Å². The number of rotatable bonds is 4. The van der Waals surface area contributed by atoms with Crippen molar-refractivity contribution in [2.75, 3.05) is 0 Å². The zero-order chi connectivity index (χ0) is 9.68. The van der Waals surface area contributed by atoms with E-state index >= 15 is 0 Å². The van der Waals surface area contributed by atoms with Crippen LogP contribution >= 0.6 is 0 Å². The molecule has 13 heavy (non-hydrogen) atoms. The van der Waals surface area contributed by atoms with E-state index in [1.165, 1.54) is 30.4 Å². The molecule has 0 bridgehead atoms. The zero-order valence-electron chi connectivity index (χ0n) is 8.72. The van der Waals surface area contributed by atoms with Gasteiger partial charge in [0.25, 0.3) is 0 Å². The predicted octanol–water partition coefficient (Wildman–Crippen LogP) is 3.85. The van der Waals surface area contributed by atoms with Crippen molar-refractivity contribution in [3.63, 3.8) is 0 Å². The van der Waals surface area contributed by atoms with Crippen LogP contribution in [0.3, 0.4) is 0 Å². The molecule has 0 nitrogen and oxygen atoms in total. The van der Waals surface area contributed by atoms with E-state index in [0.29, 0.717) is 0 Å². The molecule has 0 aromatic heterocycles. The molecule has 71 valence electrons. The first kappa shape index (κ1) is 10.3. The highest BCUT2D eigenvalue weighted by Gasteiger charge is 1.98. The minimum Gasteiger partial charge on any atom is -0.0628 e. The van der Waals surface area contributed by atoms with Crippen molar-refractivity contribution >= 4 is 0 Å². The summed E-state index contributed by atoms with van der Waals surface area (Å²) in [7, 11) is 0. The maximum absolute atomic E-state index is 4.02. The first-order valence-electron chi connectivity index (χ1n) is 5.10. The molecule has 1 rings (SSSR count). The second-order valence-electron chi connectivity index (χ2n) is 4.05. The van der Waals surface area contributed by atoms with Gasteiger partial charge >= 0.3 is 0 Å². The van der Waals surface area contributed by atoms with Gasteiger partial charge in [-0.2, -0.15) is 0 Å². The van der Waals surface area contributed by atoms with Crippen LogP contribution in [0.2, 0.25) is 0 Å². The fraction of sp³-hybridized carbons (Fsp3) is 0.462. The summed E-state index contributed by atoms with van der Waals surface area (Å²) >= 11 is 0. The van der Waals surface area contributed by atoms with Gasteiger partial charge in [0, 0.05) is 0 Å². The smallest absolute Gasteiger partial charge is 0.0235 e. The summed E-state index contributed by atoms with van der Waals surface area (Å²) in [5.74, 6) is 0.817. The van der Waals surface area contributed by atoms with Crippen LogP contribution in [0.4, 0.5) is 0 Å². The Kier molecular flexibility index (Phi) is 4.01. The van der Waals surface area contributed by atoms with Gasteiger partial charge in [0.15, 0.2) is 0 Å². The van der Waals surface area contributed by atoms with E-state index in [2.05, 4.69) is 39.0 Å². The van der Waals surface area contributed by atoms with Gasteiger partial charge in [0.05, 0.1) is 0 Å². The van der Waals surface area contributed by atoms with Crippen LogP contribution in [0.5, 0.6) is 0 Å². The summed E-state index contributed by atoms with van der Waals surface area (Å²) in [6, 6.07) is 8.42. The van der Waals surface area contributed by atoms with Crippen molar-refractivity contribution in [1.29, 1.82) is 0 Å². The van der Waals surface area contributed by atoms with Crippen molar-refractivity contribution < 1.29 is 0 Å². The molecule has 0 atom stereocenters. The van der Waals surface area contributed by atoms with Crippen molar-refractivity contribution in [2.24, 2.45) is 5.92 Å². The average Bonchev–Trinajstić information content (AvgIpc) is 2.08. The molecule has 1 aromatic rings. The molecule has 0 spiro atoms. The molecule has 0 saturated heterocycles. The molecule has 0 amide bonds. The number of benzene rings is 1. The molecule has 1 radical (unpaired) electrons. The Morgan fingerprint density at radius 1 is 1.23 bits per heavy atom. The van der Waals surface area contributed by atoms with E-state index in [9.17, 15) is 0 Å². The van der Waals surface area contributed by atoms with Gasteiger partial charge in [-0.1, -0.05) is 44.5 Å². The highest BCUT2D eigenvalue weighted by Crippen LogP contribution is 2.12. The Balaban J connectivity index is 2.41. The molecule has 0 aliphatic rings. The highest BCUT2D eigenvalue weighted by molar-refractivity contribution is 5.29. The second kappa shape index (κ2) is 5.06. The molecule has 0 saturated carbocycles. The summed E-state index contributed by atoms with van der Waals surface area (Å²) in [5, 5.41) is 0. The molecule has 0 N–H and O–H groups in total. The highest BCUT2D eigenvalue weighted by atomic mass is 14.0. The van der Waals surface area contributed by atoms with Crippen molar-refractivity contribution in [1.82, 2.24) is 0 Å². The Morgan fingerprint density at radius 2 is 1.92 bits per heavy atom. The fourth-order valence-corrected chi connectivity index (χ4v) is 1.50. The van der Waals surface area contributed by atoms with E-state index in [1.807, 2.05) is 6.07 Å². The number of aryl methyl sites for hydroxylation is 1. The summed E-state index contributed by atoms with van der Waals surface area (Å²) in [6.45, 7) is 8.57. The molecule has 0 unspecified atom stereocenters.